The molecule has 4 nitrogen and oxygen atoms in total. The van der Waals surface area contributed by atoms with Crippen molar-refractivity contribution in [1.29, 1.82) is 10.5 Å². The van der Waals surface area contributed by atoms with Crippen LogP contribution in [0.15, 0.2) is 176 Å². The second-order valence-electron chi connectivity index (χ2n) is 19.4. The molecule has 3 aliphatic carbocycles. The van der Waals surface area contributed by atoms with Crippen molar-refractivity contribution in [1.82, 2.24) is 0 Å². The molecular formula is C63H58N4. The lowest BCUT2D eigenvalue weighted by Gasteiger charge is -2.39. The standard InChI is InChI=1S/C63H58N4/c1-7-41(3)33-45-13-23-51(24-14-45)66(49-19-9-43(5)10-20-49)53-27-31-57-58-32-28-54(67(50-21-11-44(6)12-22-50)52-25-15-46(16-26-52)34-42(4)8-2)38-62(58)63(61(57)37-53)59-35-47(39-64)17-29-55(59)56-30-18-48(40-65)36-60(56)63/h9-32,35-38,41-42,57,61H,7-8,33-34H2,1-6H3. The van der Waals surface area contributed by atoms with Crippen molar-refractivity contribution in [2.24, 2.45) is 17.8 Å². The van der Waals surface area contributed by atoms with Crippen molar-refractivity contribution in [3.63, 3.8) is 0 Å². The summed E-state index contributed by atoms with van der Waals surface area (Å²) in [6.45, 7) is 13.4. The molecule has 0 saturated carbocycles. The molecule has 1 spiro atoms. The molecule has 67 heavy (non-hydrogen) atoms. The summed E-state index contributed by atoms with van der Waals surface area (Å²) in [5, 5.41) is 21.1. The smallest absolute Gasteiger partial charge is 0.0991 e. The Balaban J connectivity index is 1.21. The van der Waals surface area contributed by atoms with Crippen molar-refractivity contribution in [2.75, 3.05) is 9.80 Å². The summed E-state index contributed by atoms with van der Waals surface area (Å²) in [4.78, 5) is 4.79. The first-order chi connectivity index (χ1) is 32.6. The van der Waals surface area contributed by atoms with Crippen LogP contribution in [0.4, 0.5) is 28.4 Å². The zero-order valence-electron chi connectivity index (χ0n) is 39.6. The van der Waals surface area contributed by atoms with E-state index in [9.17, 15) is 10.5 Å². The zero-order chi connectivity index (χ0) is 46.4. The van der Waals surface area contributed by atoms with Gasteiger partial charge < -0.3 is 9.80 Å². The highest BCUT2D eigenvalue weighted by molar-refractivity contribution is 5.89. The number of rotatable bonds is 12. The first-order valence-corrected chi connectivity index (χ1v) is 24.2. The Morgan fingerprint density at radius 1 is 0.522 bits per heavy atom. The lowest BCUT2D eigenvalue weighted by Crippen LogP contribution is -2.34. The molecule has 0 saturated heterocycles. The van der Waals surface area contributed by atoms with Crippen LogP contribution < -0.4 is 9.80 Å². The van der Waals surface area contributed by atoms with Crippen LogP contribution in [0.25, 0.3) is 11.1 Å². The Kier molecular flexibility index (Phi) is 11.5. The number of hydrogen-bond acceptors (Lipinski definition) is 4. The van der Waals surface area contributed by atoms with Gasteiger partial charge in [0.15, 0.2) is 0 Å². The van der Waals surface area contributed by atoms with E-state index >= 15 is 0 Å². The number of anilines is 5. The fraction of sp³-hybridized carbons (Fsp3) is 0.238. The Hall–Kier alpha value is -7.40. The first kappa shape index (κ1) is 43.5. The molecule has 0 heterocycles. The molecular weight excluding hydrogens is 813 g/mol. The van der Waals surface area contributed by atoms with Crippen LogP contribution in [0.3, 0.4) is 0 Å². The molecule has 0 fully saturated rings. The second-order valence-corrected chi connectivity index (χ2v) is 19.4. The Labute approximate surface area is 397 Å². The van der Waals surface area contributed by atoms with Crippen molar-refractivity contribution >= 4 is 28.4 Å². The molecule has 4 unspecified atom stereocenters. The van der Waals surface area contributed by atoms with Crippen LogP contribution in [0.5, 0.6) is 0 Å². The van der Waals surface area contributed by atoms with Crippen LogP contribution in [0.1, 0.15) is 102 Å². The van der Waals surface area contributed by atoms with Crippen LogP contribution in [-0.4, -0.2) is 0 Å². The van der Waals surface area contributed by atoms with Gasteiger partial charge in [-0.3, -0.25) is 0 Å². The van der Waals surface area contributed by atoms with E-state index in [1.807, 2.05) is 12.1 Å². The number of fused-ring (bicyclic) bond motifs is 10. The maximum atomic E-state index is 10.5. The molecule has 0 N–H and O–H groups in total. The molecule has 7 aromatic carbocycles. The fourth-order valence-electron chi connectivity index (χ4n) is 11.1. The highest BCUT2D eigenvalue weighted by atomic mass is 15.2. The molecule has 330 valence electrons. The molecule has 4 atom stereocenters. The molecule has 0 aliphatic heterocycles. The van der Waals surface area contributed by atoms with Crippen molar-refractivity contribution < 1.29 is 0 Å². The van der Waals surface area contributed by atoms with E-state index in [-0.39, 0.29) is 11.8 Å². The number of nitriles is 2. The summed E-state index contributed by atoms with van der Waals surface area (Å²) in [6.07, 6.45) is 11.6. The number of aryl methyl sites for hydroxylation is 2. The molecule has 0 aromatic heterocycles. The third-order valence-electron chi connectivity index (χ3n) is 15.0. The summed E-state index contributed by atoms with van der Waals surface area (Å²) in [6, 6.07) is 60.4. The van der Waals surface area contributed by atoms with Gasteiger partial charge in [-0.05, 0) is 174 Å². The molecule has 0 amide bonds. The molecule has 0 bridgehead atoms. The molecule has 7 aromatic rings. The molecule has 10 rings (SSSR count). The van der Waals surface area contributed by atoms with Gasteiger partial charge in [0.2, 0.25) is 0 Å². The van der Waals surface area contributed by atoms with Gasteiger partial charge in [0.05, 0.1) is 28.7 Å². The monoisotopic (exact) mass is 870 g/mol. The third-order valence-corrected chi connectivity index (χ3v) is 15.0. The predicted molar refractivity (Wildman–Crippen MR) is 277 cm³/mol. The van der Waals surface area contributed by atoms with E-state index in [2.05, 4.69) is 221 Å². The summed E-state index contributed by atoms with van der Waals surface area (Å²) < 4.78 is 0. The number of allylic oxidation sites excluding steroid dienone is 3. The van der Waals surface area contributed by atoms with Gasteiger partial charge in [-0.15, -0.1) is 0 Å². The highest BCUT2D eigenvalue weighted by Crippen LogP contribution is 2.66. The van der Waals surface area contributed by atoms with Gasteiger partial charge >= 0.3 is 0 Å². The van der Waals surface area contributed by atoms with Gasteiger partial charge in [-0.1, -0.05) is 131 Å². The van der Waals surface area contributed by atoms with Crippen LogP contribution in [-0.2, 0) is 18.3 Å². The van der Waals surface area contributed by atoms with Crippen LogP contribution in [0, 0.1) is 54.3 Å². The van der Waals surface area contributed by atoms with E-state index in [4.69, 9.17) is 0 Å². The largest absolute Gasteiger partial charge is 0.311 e. The number of nitrogens with zero attached hydrogens (tertiary/aromatic N) is 4. The number of hydrogen-bond donors (Lipinski definition) is 0. The van der Waals surface area contributed by atoms with Crippen LogP contribution in [0.2, 0.25) is 0 Å². The van der Waals surface area contributed by atoms with E-state index in [1.54, 1.807) is 0 Å². The van der Waals surface area contributed by atoms with E-state index in [1.165, 1.54) is 33.4 Å². The molecule has 3 aliphatic rings. The lowest BCUT2D eigenvalue weighted by molar-refractivity contribution is 0.462. The SMILES string of the molecule is CCC(C)Cc1ccc(N(C2=CC3C(C=C2)c2ccc(N(c4ccc(C)cc4)c4ccc(CC(C)CC)cc4)cc2C32c3cc(C#N)ccc3-c3ccc(C#N)cc32)c2ccc(C)cc2)cc1. The van der Waals surface area contributed by atoms with Crippen LogP contribution >= 0.6 is 0 Å². The second kappa shape index (κ2) is 17.8. The van der Waals surface area contributed by atoms with Crippen molar-refractivity contribution in [2.45, 2.75) is 78.6 Å². The minimum atomic E-state index is -0.728. The Bertz CT molecular complexity index is 3060. The first-order valence-electron chi connectivity index (χ1n) is 24.2. The average Bonchev–Trinajstić information content (AvgIpc) is 3.81. The van der Waals surface area contributed by atoms with Gasteiger partial charge in [0, 0.05) is 46.0 Å². The van der Waals surface area contributed by atoms with Crippen molar-refractivity contribution in [3.8, 4) is 23.3 Å². The van der Waals surface area contributed by atoms with Crippen molar-refractivity contribution in [3.05, 3.63) is 231 Å². The van der Waals surface area contributed by atoms with Gasteiger partial charge in [-0.2, -0.15) is 10.5 Å². The summed E-state index contributed by atoms with van der Waals surface area (Å²) in [7, 11) is 0. The molecule has 0 radical (unpaired) electrons. The molecule has 4 heteroatoms. The summed E-state index contributed by atoms with van der Waals surface area (Å²) >= 11 is 0. The van der Waals surface area contributed by atoms with E-state index in [0.29, 0.717) is 23.0 Å². The minimum Gasteiger partial charge on any atom is -0.311 e. The maximum absolute atomic E-state index is 10.5. The Morgan fingerprint density at radius 3 is 1.43 bits per heavy atom. The van der Waals surface area contributed by atoms with Gasteiger partial charge in [-0.25, -0.2) is 0 Å². The number of benzene rings is 7. The van der Waals surface area contributed by atoms with E-state index in [0.717, 1.165) is 82.1 Å². The third kappa shape index (κ3) is 7.66. The van der Waals surface area contributed by atoms with Gasteiger partial charge in [0.1, 0.15) is 0 Å². The zero-order valence-corrected chi connectivity index (χ0v) is 39.6. The highest BCUT2D eigenvalue weighted by Gasteiger charge is 2.58. The normalized spacial score (nSPS) is 16.7. The Morgan fingerprint density at radius 2 is 0.970 bits per heavy atom. The maximum Gasteiger partial charge on any atom is 0.0991 e. The topological polar surface area (TPSA) is 54.1 Å². The minimum absolute atomic E-state index is 0.0218. The predicted octanol–water partition coefficient (Wildman–Crippen LogP) is 16.0. The summed E-state index contributed by atoms with van der Waals surface area (Å²) in [5.41, 5.74) is 19.1. The lowest BCUT2D eigenvalue weighted by atomic mass is 9.65. The fourth-order valence-corrected chi connectivity index (χ4v) is 11.1. The summed E-state index contributed by atoms with van der Waals surface area (Å²) in [5.74, 6) is 1.16. The van der Waals surface area contributed by atoms with Gasteiger partial charge in [0.25, 0.3) is 0 Å². The quantitative estimate of drug-likeness (QED) is 0.123. The average molecular weight is 871 g/mol. The van der Waals surface area contributed by atoms with E-state index < -0.39 is 5.41 Å².